The van der Waals surface area contributed by atoms with Gasteiger partial charge in [0, 0.05) is 45.7 Å². The normalized spacial score (nSPS) is 17.5. The second-order valence-electron chi connectivity index (χ2n) is 25.2. The number of nitrogens with zero attached hydrogens (tertiary/aromatic N) is 4. The quantitative estimate of drug-likeness (QED) is 0.0540. The number of benzene rings is 6. The van der Waals surface area contributed by atoms with Gasteiger partial charge in [0.1, 0.15) is 5.82 Å². The van der Waals surface area contributed by atoms with E-state index < -0.39 is 0 Å². The number of ether oxygens (including phenoxy) is 8. The molecule has 14 rings (SSSR count). The SMILES string of the molecule is CC(C)Oc1cc(-c2nc(-c3ccccc3)c(-c3cccs3)[nH]2)cc(OC(C)C)c1O.COc1cc(C2=NC(c3cccs3)=C(c3ccccc3)C2)cc(OC)c1O.COc1cc(C2=NC3CCCCC3C2)cc(OC)c1O.COc1cc(C2=NC3CCCCC3C2)cc(OC)c1O. The van der Waals surface area contributed by atoms with E-state index in [1.54, 1.807) is 75.4 Å². The zero-order chi connectivity index (χ0) is 69.0. The van der Waals surface area contributed by atoms with E-state index in [0.29, 0.717) is 82.2 Å². The van der Waals surface area contributed by atoms with Crippen LogP contribution in [0, 0.1) is 11.8 Å². The first-order valence-corrected chi connectivity index (χ1v) is 35.1. The van der Waals surface area contributed by atoms with E-state index in [9.17, 15) is 20.4 Å². The lowest BCUT2D eigenvalue weighted by atomic mass is 9.84. The van der Waals surface area contributed by atoms with Crippen molar-refractivity contribution in [1.29, 1.82) is 0 Å². The number of rotatable bonds is 18. The van der Waals surface area contributed by atoms with Gasteiger partial charge in [0.2, 0.25) is 23.0 Å². The fraction of sp³-hybridized carbons (Fsp3) is 0.342. The minimum Gasteiger partial charge on any atom is -0.502 e. The Morgan fingerprint density at radius 1 is 0.429 bits per heavy atom. The Hall–Kier alpha value is -9.72. The van der Waals surface area contributed by atoms with Crippen molar-refractivity contribution in [3.8, 4) is 102 Å². The molecule has 0 radical (unpaired) electrons. The van der Waals surface area contributed by atoms with Crippen molar-refractivity contribution < 1.29 is 58.3 Å². The van der Waals surface area contributed by atoms with Gasteiger partial charge >= 0.3 is 0 Å². The second-order valence-corrected chi connectivity index (χ2v) is 27.1. The van der Waals surface area contributed by atoms with Crippen LogP contribution in [0.3, 0.4) is 0 Å². The van der Waals surface area contributed by atoms with Crippen LogP contribution in [0.4, 0.5) is 0 Å². The molecule has 0 saturated heterocycles. The highest BCUT2D eigenvalue weighted by molar-refractivity contribution is 7.13. The van der Waals surface area contributed by atoms with Crippen molar-refractivity contribution >= 4 is 51.1 Å². The minimum absolute atomic E-state index is 0.000491. The number of aliphatic imine (C=N–C) groups is 3. The van der Waals surface area contributed by atoms with Crippen molar-refractivity contribution in [1.82, 2.24) is 9.97 Å². The number of phenolic OH excluding ortho intramolecular Hbond substituents is 4. The molecule has 2 fully saturated rings. The van der Waals surface area contributed by atoms with Crippen LogP contribution < -0.4 is 37.9 Å². The number of H-pyrrole nitrogens is 1. The molecule has 4 unspecified atom stereocenters. The number of aromatic amines is 1. The Kier molecular flexibility index (Phi) is 22.8. The van der Waals surface area contributed by atoms with Crippen molar-refractivity contribution in [3.05, 3.63) is 171 Å². The van der Waals surface area contributed by atoms with E-state index in [1.165, 1.54) is 71.2 Å². The second kappa shape index (κ2) is 32.1. The highest BCUT2D eigenvalue weighted by atomic mass is 32.1. The summed E-state index contributed by atoms with van der Waals surface area (Å²) in [6.07, 6.45) is 12.8. The number of nitrogens with one attached hydrogen (secondary N) is 1. The summed E-state index contributed by atoms with van der Waals surface area (Å²) >= 11 is 3.34. The van der Waals surface area contributed by atoms with Crippen LogP contribution >= 0.6 is 22.7 Å². The van der Waals surface area contributed by atoms with E-state index in [-0.39, 0.29) is 35.2 Å². The van der Waals surface area contributed by atoms with Gasteiger partial charge in [0.25, 0.3) is 0 Å². The average molecular weight is 1360 g/mol. The molecule has 6 aromatic carbocycles. The number of aromatic nitrogens is 2. The molecule has 9 aromatic rings. The predicted octanol–water partition coefficient (Wildman–Crippen LogP) is 18.3. The lowest BCUT2D eigenvalue weighted by Gasteiger charge is -2.22. The molecule has 5 aliphatic rings. The first-order chi connectivity index (χ1) is 47.6. The van der Waals surface area contributed by atoms with Crippen LogP contribution in [0.25, 0.3) is 44.5 Å². The minimum atomic E-state index is -0.0915. The molecule has 2 saturated carbocycles. The summed E-state index contributed by atoms with van der Waals surface area (Å²) in [5, 5.41) is 44.9. The van der Waals surface area contributed by atoms with E-state index in [4.69, 9.17) is 57.9 Å². The van der Waals surface area contributed by atoms with Gasteiger partial charge in [-0.3, -0.25) is 15.0 Å². The number of allylic oxidation sites excluding steroid dienone is 1. The van der Waals surface area contributed by atoms with Crippen molar-refractivity contribution in [2.45, 2.75) is 123 Å². The molecule has 6 heterocycles. The molecule has 5 N–H and O–H groups in total. The molecule has 98 heavy (non-hydrogen) atoms. The predicted molar refractivity (Wildman–Crippen MR) is 392 cm³/mol. The van der Waals surface area contributed by atoms with Crippen molar-refractivity contribution in [3.63, 3.8) is 0 Å². The molecule has 0 bridgehead atoms. The summed E-state index contributed by atoms with van der Waals surface area (Å²) in [6.45, 7) is 7.68. The molecule has 0 amide bonds. The molecule has 3 aliphatic heterocycles. The Morgan fingerprint density at radius 2 is 0.816 bits per heavy atom. The van der Waals surface area contributed by atoms with E-state index >= 15 is 0 Å². The molecule has 3 aromatic heterocycles. The standard InChI is InChI=1S/C25H26N2O3S.C22H19NO3S.2C16H21NO3/c1-15(2)29-19-13-18(14-20(24(19)28)30-16(3)4)25-26-22(17-9-6-5-7-10-17)23(27-25)21-11-8-12-31-21;1-25-18-11-15(12-19(26-2)22(18)24)17-13-16(14-7-4-3-5-8-14)21(23-17)20-9-6-10-27-20;2*1-19-14-8-11(9-15(20-2)16(14)18)13-7-10-5-3-4-6-12(10)17-13/h5-16,28H,1-4H3,(H,26,27);3-12,24H,13H2,1-2H3;2*8-10,12,18H,3-7H2,1-2H3. The average Bonchev–Trinajstić information content (AvgIpc) is 1.63. The Bertz CT molecular complexity index is 4110. The molecular formula is C79H87N5O12S2. The van der Waals surface area contributed by atoms with E-state index in [1.807, 2.05) is 106 Å². The lowest BCUT2D eigenvalue weighted by molar-refractivity contribution is 0.211. The molecule has 4 atom stereocenters. The zero-order valence-corrected chi connectivity index (χ0v) is 58.9. The maximum absolute atomic E-state index is 10.7. The maximum atomic E-state index is 10.7. The van der Waals surface area contributed by atoms with E-state index in [0.717, 1.165) is 90.2 Å². The van der Waals surface area contributed by atoms with Crippen LogP contribution in [-0.4, -0.2) is 114 Å². The van der Waals surface area contributed by atoms with Gasteiger partial charge in [-0.15, -0.1) is 22.7 Å². The first kappa shape index (κ1) is 69.6. The fourth-order valence-corrected chi connectivity index (χ4v) is 14.7. The third-order valence-electron chi connectivity index (χ3n) is 18.0. The molecular weight excluding hydrogens is 1280 g/mol. The Morgan fingerprint density at radius 3 is 1.21 bits per heavy atom. The summed E-state index contributed by atoms with van der Waals surface area (Å²) in [7, 11) is 9.25. The van der Waals surface area contributed by atoms with Crippen LogP contribution in [-0.2, 0) is 0 Å². The maximum Gasteiger partial charge on any atom is 0.200 e. The summed E-state index contributed by atoms with van der Waals surface area (Å²) in [4.78, 5) is 25.4. The number of thiophene rings is 2. The molecule has 2 aliphatic carbocycles. The van der Waals surface area contributed by atoms with Crippen LogP contribution in [0.15, 0.2) is 159 Å². The lowest BCUT2D eigenvalue weighted by Crippen LogP contribution is -2.18. The topological polar surface area (TPSA) is 221 Å². The number of aromatic hydroxyl groups is 4. The van der Waals surface area contributed by atoms with Gasteiger partial charge in [-0.2, -0.15) is 0 Å². The van der Waals surface area contributed by atoms with Gasteiger partial charge in [-0.1, -0.05) is 98.5 Å². The highest BCUT2D eigenvalue weighted by Crippen LogP contribution is 2.47. The molecule has 0 spiro atoms. The van der Waals surface area contributed by atoms with Gasteiger partial charge in [0.05, 0.1) is 99.5 Å². The fourth-order valence-electron chi connectivity index (χ4n) is 13.2. The monoisotopic (exact) mass is 1360 g/mol. The largest absolute Gasteiger partial charge is 0.502 e. The molecule has 512 valence electrons. The van der Waals surface area contributed by atoms with Gasteiger partial charge in [-0.05, 0) is 161 Å². The molecule has 19 heteroatoms. The molecule has 17 nitrogen and oxygen atoms in total. The number of phenols is 4. The van der Waals surface area contributed by atoms with Gasteiger partial charge < -0.3 is 63.3 Å². The van der Waals surface area contributed by atoms with Crippen LogP contribution in [0.2, 0.25) is 0 Å². The highest BCUT2D eigenvalue weighted by Gasteiger charge is 2.34. The van der Waals surface area contributed by atoms with E-state index in [2.05, 4.69) is 46.8 Å². The number of fused-ring (bicyclic) bond motifs is 2. The van der Waals surface area contributed by atoms with Crippen LogP contribution in [0.1, 0.15) is 125 Å². The Labute approximate surface area is 581 Å². The van der Waals surface area contributed by atoms with Crippen LogP contribution in [0.5, 0.6) is 69.0 Å². The summed E-state index contributed by atoms with van der Waals surface area (Å²) < 4.78 is 43.2. The summed E-state index contributed by atoms with van der Waals surface area (Å²) in [6, 6.07) is 44.3. The smallest absolute Gasteiger partial charge is 0.200 e. The number of imidazole rings is 1. The van der Waals surface area contributed by atoms with Gasteiger partial charge in [-0.25, -0.2) is 4.98 Å². The summed E-state index contributed by atoms with van der Waals surface area (Å²) in [5.41, 5.74) is 13.1. The van der Waals surface area contributed by atoms with Crippen molar-refractivity contribution in [2.24, 2.45) is 26.8 Å². The Balaban J connectivity index is 0.000000134. The third kappa shape index (κ3) is 16.0. The first-order valence-electron chi connectivity index (χ1n) is 33.4. The zero-order valence-electron chi connectivity index (χ0n) is 57.3. The van der Waals surface area contributed by atoms with Crippen molar-refractivity contribution in [2.75, 3.05) is 42.7 Å². The number of methoxy groups -OCH3 is 6. The third-order valence-corrected chi connectivity index (χ3v) is 19.8. The summed E-state index contributed by atoms with van der Waals surface area (Å²) in [5.74, 6) is 5.44. The number of hydrogen-bond acceptors (Lipinski definition) is 18. The van der Waals surface area contributed by atoms with Gasteiger partial charge in [0.15, 0.2) is 46.0 Å². The number of hydrogen-bond donors (Lipinski definition) is 5.